The Morgan fingerprint density at radius 3 is 2.33 bits per heavy atom. The van der Waals surface area contributed by atoms with E-state index in [-0.39, 0.29) is 11.5 Å². The van der Waals surface area contributed by atoms with Crippen molar-refractivity contribution in [1.29, 1.82) is 0 Å². The topological polar surface area (TPSA) is 64.9 Å². The van der Waals surface area contributed by atoms with E-state index >= 15 is 0 Å². The van der Waals surface area contributed by atoms with Gasteiger partial charge in [0.2, 0.25) is 5.89 Å². The maximum Gasteiger partial charge on any atom is 0.228 e. The predicted molar refractivity (Wildman–Crippen MR) is 85.0 cm³/mol. The van der Waals surface area contributed by atoms with E-state index in [4.69, 9.17) is 10.3 Å². The van der Waals surface area contributed by atoms with E-state index in [1.54, 1.807) is 0 Å². The summed E-state index contributed by atoms with van der Waals surface area (Å²) in [4.78, 5) is 4.60. The van der Waals surface area contributed by atoms with Crippen LogP contribution < -0.4 is 5.73 Å². The fourth-order valence-corrected chi connectivity index (χ4v) is 3.06. The molecule has 1 aliphatic rings. The molecule has 1 fully saturated rings. The highest BCUT2D eigenvalue weighted by molar-refractivity contribution is 4.99. The van der Waals surface area contributed by atoms with Crippen LogP contribution in [0.15, 0.2) is 4.52 Å². The fraction of sp³-hybridized carbons (Fsp3) is 0.882. The molecule has 1 aromatic heterocycles. The largest absolute Gasteiger partial charge is 0.339 e. The van der Waals surface area contributed by atoms with E-state index in [1.807, 2.05) is 0 Å². The summed E-state index contributed by atoms with van der Waals surface area (Å²) < 4.78 is 5.42. The lowest BCUT2D eigenvalue weighted by molar-refractivity contribution is 0.251. The molecule has 2 rings (SSSR count). The second-order valence-corrected chi connectivity index (χ2v) is 8.08. The van der Waals surface area contributed by atoms with Gasteiger partial charge in [0.1, 0.15) is 0 Å². The Hall–Kier alpha value is -0.900. The molecule has 0 spiro atoms. The first-order valence-electron chi connectivity index (χ1n) is 8.35. The molecule has 0 aromatic carbocycles. The molecule has 0 saturated heterocycles. The number of rotatable bonds is 4. The lowest BCUT2D eigenvalue weighted by Crippen LogP contribution is -2.37. The van der Waals surface area contributed by atoms with Gasteiger partial charge in [-0.15, -0.1) is 0 Å². The molecule has 4 heteroatoms. The van der Waals surface area contributed by atoms with Gasteiger partial charge in [-0.3, -0.25) is 0 Å². The monoisotopic (exact) mass is 293 g/mol. The van der Waals surface area contributed by atoms with Crippen LogP contribution in [0.2, 0.25) is 0 Å². The molecular weight excluding hydrogens is 262 g/mol. The zero-order chi connectivity index (χ0) is 15.6. The third-order valence-corrected chi connectivity index (χ3v) is 5.07. The van der Waals surface area contributed by atoms with Crippen molar-refractivity contribution in [1.82, 2.24) is 10.1 Å². The van der Waals surface area contributed by atoms with Crippen molar-refractivity contribution in [3.63, 3.8) is 0 Å². The standard InChI is InChI=1S/C17H31N3O/c1-11(2)12-6-8-13(9-7-12)16-19-15(21-20-16)10-14(18)17(3,4)5/h11-14H,6-10,18H2,1-5H3. The SMILES string of the molecule is CC(C)C1CCC(c2noc(CC(N)C(C)(C)C)n2)CC1. The molecule has 1 aliphatic carbocycles. The average molecular weight is 293 g/mol. The average Bonchev–Trinajstić information content (AvgIpc) is 2.86. The molecule has 0 amide bonds. The number of hydrogen-bond acceptors (Lipinski definition) is 4. The summed E-state index contributed by atoms with van der Waals surface area (Å²) in [5.74, 6) is 3.72. The summed E-state index contributed by atoms with van der Waals surface area (Å²) in [6.45, 7) is 11.1. The van der Waals surface area contributed by atoms with Crippen LogP contribution >= 0.6 is 0 Å². The lowest BCUT2D eigenvalue weighted by atomic mass is 9.77. The Kier molecular flexibility index (Phi) is 5.07. The van der Waals surface area contributed by atoms with Crippen LogP contribution in [0.3, 0.4) is 0 Å². The summed E-state index contributed by atoms with van der Waals surface area (Å²) in [5, 5.41) is 4.20. The van der Waals surface area contributed by atoms with Crippen LogP contribution in [0.5, 0.6) is 0 Å². The molecule has 0 bridgehead atoms. The van der Waals surface area contributed by atoms with E-state index in [9.17, 15) is 0 Å². The minimum atomic E-state index is 0.0440. The molecule has 0 aliphatic heterocycles. The van der Waals surface area contributed by atoms with Crippen molar-refractivity contribution >= 4 is 0 Å². The Morgan fingerprint density at radius 2 is 1.81 bits per heavy atom. The predicted octanol–water partition coefficient (Wildman–Crippen LogP) is 3.92. The summed E-state index contributed by atoms with van der Waals surface area (Å²) in [7, 11) is 0. The smallest absolute Gasteiger partial charge is 0.228 e. The van der Waals surface area contributed by atoms with Crippen LogP contribution in [-0.4, -0.2) is 16.2 Å². The first kappa shape index (κ1) is 16.5. The van der Waals surface area contributed by atoms with Gasteiger partial charge in [0, 0.05) is 18.4 Å². The number of aromatic nitrogens is 2. The van der Waals surface area contributed by atoms with Crippen molar-refractivity contribution in [3.8, 4) is 0 Å². The fourth-order valence-electron chi connectivity index (χ4n) is 3.06. The summed E-state index contributed by atoms with van der Waals surface area (Å²) in [5.41, 5.74) is 6.25. The van der Waals surface area contributed by atoms with Crippen molar-refractivity contribution in [2.45, 2.75) is 78.7 Å². The number of hydrogen-bond donors (Lipinski definition) is 1. The highest BCUT2D eigenvalue weighted by Crippen LogP contribution is 2.37. The molecule has 21 heavy (non-hydrogen) atoms. The molecule has 1 aromatic rings. The van der Waals surface area contributed by atoms with Crippen molar-refractivity contribution in [2.75, 3.05) is 0 Å². The second-order valence-electron chi connectivity index (χ2n) is 8.08. The Labute approximate surface area is 128 Å². The van der Waals surface area contributed by atoms with Gasteiger partial charge in [-0.1, -0.05) is 39.8 Å². The van der Waals surface area contributed by atoms with Gasteiger partial charge >= 0.3 is 0 Å². The third-order valence-electron chi connectivity index (χ3n) is 5.07. The van der Waals surface area contributed by atoms with Crippen LogP contribution in [0.4, 0.5) is 0 Å². The summed E-state index contributed by atoms with van der Waals surface area (Å²) in [6.07, 6.45) is 5.61. The molecule has 0 radical (unpaired) electrons. The van der Waals surface area contributed by atoms with Crippen molar-refractivity contribution < 1.29 is 4.52 Å². The van der Waals surface area contributed by atoms with Gasteiger partial charge < -0.3 is 10.3 Å². The van der Waals surface area contributed by atoms with Crippen LogP contribution in [-0.2, 0) is 6.42 Å². The zero-order valence-electron chi connectivity index (χ0n) is 14.2. The minimum Gasteiger partial charge on any atom is -0.339 e. The van der Waals surface area contributed by atoms with Crippen LogP contribution in [0, 0.1) is 17.3 Å². The van der Waals surface area contributed by atoms with Crippen molar-refractivity contribution in [2.24, 2.45) is 23.0 Å². The zero-order valence-corrected chi connectivity index (χ0v) is 14.2. The summed E-state index contributed by atoms with van der Waals surface area (Å²) >= 11 is 0. The van der Waals surface area contributed by atoms with E-state index in [0.29, 0.717) is 18.2 Å². The first-order chi connectivity index (χ1) is 9.77. The molecule has 1 unspecified atom stereocenters. The van der Waals surface area contributed by atoms with E-state index in [0.717, 1.165) is 17.7 Å². The second kappa shape index (κ2) is 6.47. The molecule has 1 heterocycles. The summed E-state index contributed by atoms with van der Waals surface area (Å²) in [6, 6.07) is 0.0440. The van der Waals surface area contributed by atoms with Crippen LogP contribution in [0.1, 0.15) is 77.9 Å². The quantitative estimate of drug-likeness (QED) is 0.914. The normalized spacial score (nSPS) is 25.3. The Balaban J connectivity index is 1.92. The molecule has 4 nitrogen and oxygen atoms in total. The van der Waals surface area contributed by atoms with Gasteiger partial charge in [0.15, 0.2) is 5.82 Å². The van der Waals surface area contributed by atoms with Gasteiger partial charge in [-0.25, -0.2) is 0 Å². The highest BCUT2D eigenvalue weighted by atomic mass is 16.5. The molecule has 1 atom stereocenters. The highest BCUT2D eigenvalue weighted by Gasteiger charge is 2.28. The first-order valence-corrected chi connectivity index (χ1v) is 8.35. The van der Waals surface area contributed by atoms with E-state index in [1.165, 1.54) is 25.7 Å². The van der Waals surface area contributed by atoms with Gasteiger partial charge in [-0.05, 0) is 42.9 Å². The Bertz CT molecular complexity index is 439. The van der Waals surface area contributed by atoms with Gasteiger partial charge in [0.05, 0.1) is 0 Å². The van der Waals surface area contributed by atoms with E-state index in [2.05, 4.69) is 44.8 Å². The maximum absolute atomic E-state index is 6.19. The molecular formula is C17H31N3O. The third kappa shape index (κ3) is 4.29. The van der Waals surface area contributed by atoms with Crippen LogP contribution in [0.25, 0.3) is 0 Å². The molecule has 120 valence electrons. The minimum absolute atomic E-state index is 0.0440. The molecule has 1 saturated carbocycles. The maximum atomic E-state index is 6.19. The van der Waals surface area contributed by atoms with Gasteiger partial charge in [0.25, 0.3) is 0 Å². The lowest BCUT2D eigenvalue weighted by Gasteiger charge is -2.29. The number of nitrogens with two attached hydrogens (primary N) is 1. The Morgan fingerprint density at radius 1 is 1.19 bits per heavy atom. The van der Waals surface area contributed by atoms with Gasteiger partial charge in [-0.2, -0.15) is 4.98 Å². The molecule has 2 N–H and O–H groups in total. The van der Waals surface area contributed by atoms with E-state index < -0.39 is 0 Å². The van der Waals surface area contributed by atoms with Crippen molar-refractivity contribution in [3.05, 3.63) is 11.7 Å². The number of nitrogens with zero attached hydrogens (tertiary/aromatic N) is 2.